The first-order chi connectivity index (χ1) is 7.85. The highest BCUT2D eigenvalue weighted by atomic mass is 15.2. The summed E-state index contributed by atoms with van der Waals surface area (Å²) in [6, 6.07) is 0.588. The Bertz CT molecular complexity index is 321. The molecule has 1 aliphatic heterocycles. The number of imidazole rings is 1. The minimum absolute atomic E-state index is 0.588. The van der Waals surface area contributed by atoms with Crippen LogP contribution >= 0.6 is 0 Å². The lowest BCUT2D eigenvalue weighted by atomic mass is 10.1. The van der Waals surface area contributed by atoms with Crippen LogP contribution in [0.2, 0.25) is 0 Å². The molecule has 1 unspecified atom stereocenters. The monoisotopic (exact) mass is 222 g/mol. The van der Waals surface area contributed by atoms with Gasteiger partial charge in [0.1, 0.15) is 0 Å². The fourth-order valence-corrected chi connectivity index (χ4v) is 2.45. The molecule has 1 saturated heterocycles. The number of piperidine rings is 1. The summed E-state index contributed by atoms with van der Waals surface area (Å²) in [6.07, 6.45) is 6.55. The fraction of sp³-hybridized carbons (Fsp3) is 0.750. The SMILES string of the molecule is CCNc1nccn1C1CCCN(CC)C1. The van der Waals surface area contributed by atoms with Crippen LogP contribution in [-0.4, -0.2) is 40.6 Å². The van der Waals surface area contributed by atoms with Crippen molar-refractivity contribution in [1.29, 1.82) is 0 Å². The van der Waals surface area contributed by atoms with Crippen LogP contribution < -0.4 is 5.32 Å². The number of likely N-dealkylation sites (tertiary alicyclic amines) is 1. The van der Waals surface area contributed by atoms with Crippen LogP contribution in [0.25, 0.3) is 0 Å². The Morgan fingerprint density at radius 2 is 2.38 bits per heavy atom. The van der Waals surface area contributed by atoms with E-state index in [2.05, 4.69) is 39.8 Å². The molecule has 1 aliphatic rings. The van der Waals surface area contributed by atoms with Crippen molar-refractivity contribution in [2.24, 2.45) is 0 Å². The van der Waals surface area contributed by atoms with Crippen molar-refractivity contribution in [3.63, 3.8) is 0 Å². The molecule has 0 aliphatic carbocycles. The summed E-state index contributed by atoms with van der Waals surface area (Å²) in [5.41, 5.74) is 0. The third kappa shape index (κ3) is 2.38. The summed E-state index contributed by atoms with van der Waals surface area (Å²) in [4.78, 5) is 6.88. The minimum Gasteiger partial charge on any atom is -0.356 e. The van der Waals surface area contributed by atoms with E-state index in [-0.39, 0.29) is 0 Å². The van der Waals surface area contributed by atoms with Crippen molar-refractivity contribution in [3.8, 4) is 0 Å². The van der Waals surface area contributed by atoms with Gasteiger partial charge >= 0.3 is 0 Å². The van der Waals surface area contributed by atoms with Crippen LogP contribution in [0.1, 0.15) is 32.7 Å². The summed E-state index contributed by atoms with van der Waals surface area (Å²) < 4.78 is 2.30. The Balaban J connectivity index is 2.07. The number of nitrogens with one attached hydrogen (secondary N) is 1. The number of nitrogens with zero attached hydrogens (tertiary/aromatic N) is 3. The molecular weight excluding hydrogens is 200 g/mol. The maximum atomic E-state index is 4.37. The van der Waals surface area contributed by atoms with Gasteiger partial charge in [0.25, 0.3) is 0 Å². The van der Waals surface area contributed by atoms with Crippen molar-refractivity contribution < 1.29 is 0 Å². The van der Waals surface area contributed by atoms with E-state index in [1.807, 2.05) is 6.20 Å². The molecule has 4 heteroatoms. The summed E-state index contributed by atoms with van der Waals surface area (Å²) >= 11 is 0. The Labute approximate surface area is 97.7 Å². The molecule has 1 aromatic rings. The zero-order chi connectivity index (χ0) is 11.4. The summed E-state index contributed by atoms with van der Waals surface area (Å²) in [5.74, 6) is 1.02. The van der Waals surface area contributed by atoms with E-state index in [1.165, 1.54) is 19.4 Å². The first kappa shape index (κ1) is 11.5. The molecule has 4 nitrogen and oxygen atoms in total. The topological polar surface area (TPSA) is 33.1 Å². The van der Waals surface area contributed by atoms with Gasteiger partial charge in [-0.25, -0.2) is 4.98 Å². The van der Waals surface area contributed by atoms with Gasteiger partial charge < -0.3 is 14.8 Å². The van der Waals surface area contributed by atoms with E-state index in [0.717, 1.165) is 25.6 Å². The largest absolute Gasteiger partial charge is 0.356 e. The van der Waals surface area contributed by atoms with Crippen molar-refractivity contribution >= 4 is 5.95 Å². The maximum Gasteiger partial charge on any atom is 0.203 e. The van der Waals surface area contributed by atoms with Crippen LogP contribution in [0, 0.1) is 0 Å². The molecule has 1 fully saturated rings. The van der Waals surface area contributed by atoms with Gasteiger partial charge in [-0.15, -0.1) is 0 Å². The van der Waals surface area contributed by atoms with Gasteiger partial charge in [0.15, 0.2) is 0 Å². The first-order valence-corrected chi connectivity index (χ1v) is 6.34. The molecule has 0 aromatic carbocycles. The van der Waals surface area contributed by atoms with Gasteiger partial charge in [-0.1, -0.05) is 6.92 Å². The van der Waals surface area contributed by atoms with E-state index in [0.29, 0.717) is 6.04 Å². The molecule has 1 aromatic heterocycles. The number of hydrogen-bond donors (Lipinski definition) is 1. The normalized spacial score (nSPS) is 22.2. The van der Waals surface area contributed by atoms with Crippen LogP contribution in [0.15, 0.2) is 12.4 Å². The second-order valence-electron chi connectivity index (χ2n) is 4.38. The molecule has 0 amide bonds. The smallest absolute Gasteiger partial charge is 0.203 e. The van der Waals surface area contributed by atoms with Gasteiger partial charge in [-0.3, -0.25) is 0 Å². The van der Waals surface area contributed by atoms with Crippen molar-refractivity contribution in [1.82, 2.24) is 14.5 Å². The third-order valence-corrected chi connectivity index (χ3v) is 3.32. The Hall–Kier alpha value is -1.03. The van der Waals surface area contributed by atoms with Crippen LogP contribution in [0.5, 0.6) is 0 Å². The zero-order valence-electron chi connectivity index (χ0n) is 10.3. The fourth-order valence-electron chi connectivity index (χ4n) is 2.45. The summed E-state index contributed by atoms with van der Waals surface area (Å²) in [5, 5.41) is 3.32. The van der Waals surface area contributed by atoms with E-state index in [1.54, 1.807) is 0 Å². The zero-order valence-corrected chi connectivity index (χ0v) is 10.3. The molecule has 16 heavy (non-hydrogen) atoms. The summed E-state index contributed by atoms with van der Waals surface area (Å²) in [7, 11) is 0. The number of hydrogen-bond acceptors (Lipinski definition) is 3. The number of rotatable bonds is 4. The quantitative estimate of drug-likeness (QED) is 0.845. The first-order valence-electron chi connectivity index (χ1n) is 6.34. The third-order valence-electron chi connectivity index (χ3n) is 3.32. The Morgan fingerprint density at radius 1 is 1.50 bits per heavy atom. The average molecular weight is 222 g/mol. The lowest BCUT2D eigenvalue weighted by Gasteiger charge is -2.33. The van der Waals surface area contributed by atoms with Gasteiger partial charge in [0, 0.05) is 31.5 Å². The van der Waals surface area contributed by atoms with E-state index in [4.69, 9.17) is 0 Å². The highest BCUT2D eigenvalue weighted by Gasteiger charge is 2.21. The highest BCUT2D eigenvalue weighted by Crippen LogP contribution is 2.24. The standard InChI is InChI=1S/C12H22N4/c1-3-13-12-14-7-9-16(12)11-6-5-8-15(4-2)10-11/h7,9,11H,3-6,8,10H2,1-2H3,(H,13,14). The van der Waals surface area contributed by atoms with Gasteiger partial charge in [-0.2, -0.15) is 0 Å². The molecule has 0 spiro atoms. The highest BCUT2D eigenvalue weighted by molar-refractivity contribution is 5.26. The van der Waals surface area contributed by atoms with Crippen LogP contribution in [-0.2, 0) is 0 Å². The molecule has 0 saturated carbocycles. The minimum atomic E-state index is 0.588. The molecule has 0 bridgehead atoms. The van der Waals surface area contributed by atoms with Crippen molar-refractivity contribution in [2.45, 2.75) is 32.7 Å². The Morgan fingerprint density at radius 3 is 3.12 bits per heavy atom. The second-order valence-corrected chi connectivity index (χ2v) is 4.38. The molecule has 1 atom stereocenters. The van der Waals surface area contributed by atoms with E-state index < -0.39 is 0 Å². The maximum absolute atomic E-state index is 4.37. The average Bonchev–Trinajstić information content (AvgIpc) is 2.78. The van der Waals surface area contributed by atoms with E-state index >= 15 is 0 Å². The molecule has 2 heterocycles. The van der Waals surface area contributed by atoms with Gasteiger partial charge in [-0.05, 0) is 32.9 Å². The molecule has 90 valence electrons. The lowest BCUT2D eigenvalue weighted by molar-refractivity contribution is 0.186. The number of aromatic nitrogens is 2. The predicted molar refractivity (Wildman–Crippen MR) is 66.8 cm³/mol. The molecule has 0 radical (unpaired) electrons. The van der Waals surface area contributed by atoms with Gasteiger partial charge in [0.05, 0.1) is 0 Å². The van der Waals surface area contributed by atoms with Crippen LogP contribution in [0.3, 0.4) is 0 Å². The molecule has 1 N–H and O–H groups in total. The van der Waals surface area contributed by atoms with Crippen LogP contribution in [0.4, 0.5) is 5.95 Å². The molecular formula is C12H22N4. The van der Waals surface area contributed by atoms with Gasteiger partial charge in [0.2, 0.25) is 5.95 Å². The van der Waals surface area contributed by atoms with E-state index in [9.17, 15) is 0 Å². The predicted octanol–water partition coefficient (Wildman–Crippen LogP) is 1.97. The Kier molecular flexibility index (Phi) is 3.83. The number of anilines is 1. The second kappa shape index (κ2) is 5.34. The van der Waals surface area contributed by atoms with Crippen molar-refractivity contribution in [3.05, 3.63) is 12.4 Å². The number of likely N-dealkylation sites (N-methyl/N-ethyl adjacent to an activating group) is 1. The van der Waals surface area contributed by atoms with Crippen molar-refractivity contribution in [2.75, 3.05) is 31.5 Å². The lowest BCUT2D eigenvalue weighted by Crippen LogP contribution is -2.36. The molecule has 2 rings (SSSR count). The summed E-state index contributed by atoms with van der Waals surface area (Å²) in [6.45, 7) is 8.84.